The summed E-state index contributed by atoms with van der Waals surface area (Å²) in [7, 11) is 0. The van der Waals surface area contributed by atoms with E-state index in [1.807, 2.05) is 26.0 Å². The number of aryl methyl sites for hydroxylation is 2. The van der Waals surface area contributed by atoms with E-state index in [2.05, 4.69) is 4.98 Å². The first-order valence-corrected chi connectivity index (χ1v) is 11.4. The first-order valence-electron chi connectivity index (χ1n) is 10.2. The summed E-state index contributed by atoms with van der Waals surface area (Å²) < 4.78 is 0.924. The van der Waals surface area contributed by atoms with Gasteiger partial charge < -0.3 is 5.11 Å². The second kappa shape index (κ2) is 8.10. The summed E-state index contributed by atoms with van der Waals surface area (Å²) in [6, 6.07) is 13.2. The molecule has 1 N–H and O–H groups in total. The number of anilines is 1. The van der Waals surface area contributed by atoms with Gasteiger partial charge in [-0.25, -0.2) is 4.98 Å². The summed E-state index contributed by atoms with van der Waals surface area (Å²) in [5.41, 5.74) is 3.90. The maximum atomic E-state index is 13.3. The first-order chi connectivity index (χ1) is 15.8. The molecule has 0 aliphatic carbocycles. The topological polar surface area (TPSA) is 83.4 Å². The summed E-state index contributed by atoms with van der Waals surface area (Å²) in [4.78, 5) is 36.5. The van der Waals surface area contributed by atoms with Crippen molar-refractivity contribution in [2.24, 2.45) is 0 Å². The minimum absolute atomic E-state index is 0.000631. The van der Waals surface area contributed by atoms with E-state index in [0.717, 1.165) is 21.3 Å². The molecule has 1 aliphatic heterocycles. The molecule has 164 valence electrons. The van der Waals surface area contributed by atoms with Crippen LogP contribution in [0, 0.1) is 13.8 Å². The lowest BCUT2D eigenvalue weighted by atomic mass is 9.96. The number of hydrogen-bond donors (Lipinski definition) is 1. The molecule has 3 heterocycles. The van der Waals surface area contributed by atoms with Crippen LogP contribution in [0.1, 0.15) is 28.3 Å². The molecule has 1 saturated heterocycles. The molecule has 0 saturated carbocycles. The Morgan fingerprint density at radius 2 is 1.76 bits per heavy atom. The van der Waals surface area contributed by atoms with Crippen molar-refractivity contribution < 1.29 is 14.7 Å². The number of pyridine rings is 1. The van der Waals surface area contributed by atoms with Gasteiger partial charge in [-0.15, -0.1) is 0 Å². The van der Waals surface area contributed by atoms with Gasteiger partial charge in [-0.3, -0.25) is 19.5 Å². The molecule has 33 heavy (non-hydrogen) atoms. The van der Waals surface area contributed by atoms with Crippen molar-refractivity contribution in [3.8, 4) is 0 Å². The maximum Gasteiger partial charge on any atom is 0.301 e. The van der Waals surface area contributed by atoms with Gasteiger partial charge in [-0.05, 0) is 60.9 Å². The molecule has 1 amide bonds. The monoisotopic (exact) mass is 475 g/mol. The summed E-state index contributed by atoms with van der Waals surface area (Å²) in [5.74, 6) is -1.76. The van der Waals surface area contributed by atoms with Gasteiger partial charge in [-0.2, -0.15) is 0 Å². The van der Waals surface area contributed by atoms with Crippen LogP contribution in [0.5, 0.6) is 0 Å². The number of rotatable bonds is 3. The lowest BCUT2D eigenvalue weighted by molar-refractivity contribution is -0.132. The average molecular weight is 476 g/mol. The summed E-state index contributed by atoms with van der Waals surface area (Å²) in [6.07, 6.45) is 3.03. The number of aromatic nitrogens is 2. The van der Waals surface area contributed by atoms with E-state index in [4.69, 9.17) is 16.6 Å². The van der Waals surface area contributed by atoms with Crippen molar-refractivity contribution in [2.45, 2.75) is 19.9 Å². The number of fused-ring (bicyclic) bond motifs is 1. The Balaban J connectivity index is 1.75. The third-order valence-electron chi connectivity index (χ3n) is 5.61. The molecule has 1 unspecified atom stereocenters. The Bertz CT molecular complexity index is 1450. The summed E-state index contributed by atoms with van der Waals surface area (Å²) >= 11 is 7.42. The molecule has 4 aromatic rings. The molecular weight excluding hydrogens is 458 g/mol. The Morgan fingerprint density at radius 3 is 2.45 bits per heavy atom. The number of benzene rings is 2. The van der Waals surface area contributed by atoms with Gasteiger partial charge in [-0.1, -0.05) is 41.1 Å². The fraction of sp³-hybridized carbons (Fsp3) is 0.120. The predicted molar refractivity (Wildman–Crippen MR) is 130 cm³/mol. The fourth-order valence-electron chi connectivity index (χ4n) is 4.12. The number of carbonyl (C=O) groups is 2. The highest BCUT2D eigenvalue weighted by molar-refractivity contribution is 7.22. The lowest BCUT2D eigenvalue weighted by Crippen LogP contribution is -2.29. The van der Waals surface area contributed by atoms with Crippen molar-refractivity contribution in [3.63, 3.8) is 0 Å². The quantitative estimate of drug-likeness (QED) is 0.237. The van der Waals surface area contributed by atoms with Crippen molar-refractivity contribution in [2.75, 3.05) is 4.90 Å². The molecule has 1 atom stereocenters. The maximum absolute atomic E-state index is 13.3. The molecule has 6 nitrogen and oxygen atoms in total. The van der Waals surface area contributed by atoms with Crippen LogP contribution in [0.25, 0.3) is 16.0 Å². The van der Waals surface area contributed by atoms with Crippen LogP contribution < -0.4 is 4.90 Å². The van der Waals surface area contributed by atoms with Gasteiger partial charge in [0.15, 0.2) is 5.13 Å². The molecule has 2 aromatic carbocycles. The van der Waals surface area contributed by atoms with Crippen molar-refractivity contribution in [1.29, 1.82) is 0 Å². The molecular formula is C25H18ClN3O3S. The number of amides is 1. The van der Waals surface area contributed by atoms with Crippen LogP contribution in [0.15, 0.2) is 66.5 Å². The van der Waals surface area contributed by atoms with Gasteiger partial charge in [0, 0.05) is 23.0 Å². The average Bonchev–Trinajstić information content (AvgIpc) is 3.33. The number of halogens is 1. The van der Waals surface area contributed by atoms with E-state index in [1.165, 1.54) is 28.6 Å². The highest BCUT2D eigenvalue weighted by Gasteiger charge is 2.48. The number of Topliss-reactive ketones (excluding diaryl/α,β-unsaturated/α-hetero) is 1. The Morgan fingerprint density at radius 1 is 1.06 bits per heavy atom. The zero-order chi connectivity index (χ0) is 23.3. The van der Waals surface area contributed by atoms with Crippen LogP contribution in [0.4, 0.5) is 5.13 Å². The molecule has 0 spiro atoms. The van der Waals surface area contributed by atoms with Gasteiger partial charge in [0.2, 0.25) is 0 Å². The van der Waals surface area contributed by atoms with Gasteiger partial charge in [0.1, 0.15) is 5.76 Å². The number of aliphatic hydroxyl groups is 1. The van der Waals surface area contributed by atoms with Crippen LogP contribution >= 0.6 is 22.9 Å². The molecule has 1 aliphatic rings. The van der Waals surface area contributed by atoms with E-state index >= 15 is 0 Å². The molecule has 1 fully saturated rings. The minimum Gasteiger partial charge on any atom is -0.507 e. The number of ketones is 1. The first kappa shape index (κ1) is 21.3. The third kappa shape index (κ3) is 3.59. The molecule has 8 heteroatoms. The molecule has 2 aromatic heterocycles. The van der Waals surface area contributed by atoms with E-state index in [9.17, 15) is 14.7 Å². The number of nitrogens with zero attached hydrogens (tertiary/aromatic N) is 3. The minimum atomic E-state index is -0.850. The SMILES string of the molecule is Cc1cc(C)c2nc(N3C(=O)C(=O)/C(=C(/O)c4ccncc4)C3c3ccc(Cl)cc3)sc2c1. The second-order valence-electron chi connectivity index (χ2n) is 7.88. The van der Waals surface area contributed by atoms with Gasteiger partial charge in [0.05, 0.1) is 21.8 Å². The van der Waals surface area contributed by atoms with Crippen LogP contribution in [0.3, 0.4) is 0 Å². The molecule has 0 radical (unpaired) electrons. The van der Waals surface area contributed by atoms with Crippen LogP contribution in [-0.4, -0.2) is 26.8 Å². The van der Waals surface area contributed by atoms with E-state index < -0.39 is 17.7 Å². The normalized spacial score (nSPS) is 17.8. The number of hydrogen-bond acceptors (Lipinski definition) is 6. The second-order valence-corrected chi connectivity index (χ2v) is 9.33. The largest absolute Gasteiger partial charge is 0.507 e. The van der Waals surface area contributed by atoms with Gasteiger partial charge in [0.25, 0.3) is 5.78 Å². The zero-order valence-corrected chi connectivity index (χ0v) is 19.3. The predicted octanol–water partition coefficient (Wildman–Crippen LogP) is 5.59. The number of carbonyl (C=O) groups excluding carboxylic acids is 2. The Kier molecular flexibility index (Phi) is 5.23. The highest BCUT2D eigenvalue weighted by Crippen LogP contribution is 2.44. The summed E-state index contributed by atoms with van der Waals surface area (Å²) in [6.45, 7) is 3.97. The zero-order valence-electron chi connectivity index (χ0n) is 17.7. The highest BCUT2D eigenvalue weighted by atomic mass is 35.5. The lowest BCUT2D eigenvalue weighted by Gasteiger charge is -2.23. The molecule has 0 bridgehead atoms. The van der Waals surface area contributed by atoms with Crippen LogP contribution in [-0.2, 0) is 9.59 Å². The Labute approximate surface area is 198 Å². The molecule has 5 rings (SSSR count). The van der Waals surface area contributed by atoms with Crippen molar-refractivity contribution in [3.05, 3.63) is 93.8 Å². The fourth-order valence-corrected chi connectivity index (χ4v) is 5.41. The Hall–Kier alpha value is -3.55. The van der Waals surface area contributed by atoms with E-state index in [0.29, 0.717) is 21.3 Å². The summed E-state index contributed by atoms with van der Waals surface area (Å²) in [5, 5.41) is 12.0. The standard InChI is InChI=1S/C25H18ClN3O3S/c1-13-11-14(2)20-18(12-13)33-25(28-20)29-21(15-3-5-17(26)6-4-15)19(23(31)24(29)32)22(30)16-7-9-27-10-8-16/h3-12,21,30H,1-2H3/b22-19+. The van der Waals surface area contributed by atoms with Gasteiger partial charge >= 0.3 is 5.91 Å². The van der Waals surface area contributed by atoms with Crippen LogP contribution in [0.2, 0.25) is 5.02 Å². The third-order valence-corrected chi connectivity index (χ3v) is 6.86. The van der Waals surface area contributed by atoms with Crippen molar-refractivity contribution >= 4 is 55.7 Å². The van der Waals surface area contributed by atoms with Crippen molar-refractivity contribution in [1.82, 2.24) is 9.97 Å². The van der Waals surface area contributed by atoms with E-state index in [1.54, 1.807) is 36.4 Å². The smallest absolute Gasteiger partial charge is 0.301 e. The van der Waals surface area contributed by atoms with E-state index in [-0.39, 0.29) is 11.3 Å². The number of aliphatic hydroxyl groups excluding tert-OH is 1. The number of thiazole rings is 1.